The Kier molecular flexibility index (Phi) is 6.94. The third-order valence-electron chi connectivity index (χ3n) is 4.14. The number of rotatable bonds is 6. The summed E-state index contributed by atoms with van der Waals surface area (Å²) in [5.41, 5.74) is 3.90. The quantitative estimate of drug-likeness (QED) is 0.495. The number of hydrogen-bond acceptors (Lipinski definition) is 4. The average Bonchev–Trinajstić information content (AvgIpc) is 2.77. The first kappa shape index (κ1) is 18.1. The molecule has 128 valence electrons. The molecule has 1 aliphatic carbocycles. The van der Waals surface area contributed by atoms with E-state index in [1.165, 1.54) is 30.2 Å². The van der Waals surface area contributed by atoms with Gasteiger partial charge in [0.05, 0.1) is 13.2 Å². The fraction of sp³-hybridized carbons (Fsp3) is 0.400. The van der Waals surface area contributed by atoms with Gasteiger partial charge in [0.15, 0.2) is 0 Å². The fourth-order valence-corrected chi connectivity index (χ4v) is 2.90. The summed E-state index contributed by atoms with van der Waals surface area (Å²) in [5.74, 6) is -0.903. The maximum atomic E-state index is 11.6. The molecule has 2 rings (SSSR count). The number of ketones is 1. The summed E-state index contributed by atoms with van der Waals surface area (Å²) in [7, 11) is 1.24. The van der Waals surface area contributed by atoms with Crippen LogP contribution in [0, 0.1) is 0 Å². The monoisotopic (exact) mass is 328 g/mol. The molecule has 0 bridgehead atoms. The highest BCUT2D eigenvalue weighted by Gasteiger charge is 2.13. The molecule has 1 N–H and O–H groups in total. The molecule has 1 unspecified atom stereocenters. The molecule has 4 nitrogen and oxygen atoms in total. The van der Waals surface area contributed by atoms with Crippen molar-refractivity contribution in [2.75, 3.05) is 7.11 Å². The molecule has 0 spiro atoms. The van der Waals surface area contributed by atoms with Crippen molar-refractivity contribution < 1.29 is 19.4 Å². The van der Waals surface area contributed by atoms with Crippen LogP contribution in [0.5, 0.6) is 0 Å². The van der Waals surface area contributed by atoms with Gasteiger partial charge in [-0.3, -0.25) is 9.59 Å². The maximum absolute atomic E-state index is 11.6. The largest absolute Gasteiger partial charge is 0.469 e. The molecule has 1 aromatic rings. The van der Waals surface area contributed by atoms with Crippen LogP contribution >= 0.6 is 0 Å². The number of aryl methyl sites for hydroxylation is 1. The van der Waals surface area contributed by atoms with Gasteiger partial charge in [0.2, 0.25) is 0 Å². The molecule has 0 heterocycles. The van der Waals surface area contributed by atoms with E-state index >= 15 is 0 Å². The Bertz CT molecular complexity index is 643. The van der Waals surface area contributed by atoms with Gasteiger partial charge in [-0.1, -0.05) is 42.5 Å². The van der Waals surface area contributed by atoms with Gasteiger partial charge in [-0.2, -0.15) is 0 Å². The standard InChI is InChI=1S/C20H24O4/c1-24-20(23)14-18(22)13-17(21)11-6-10-16-8-3-2-7-15-9-4-5-12-19(15)16/h4-6,9-12,17,21H,2-3,7-8,13-14H2,1H3. The van der Waals surface area contributed by atoms with E-state index in [4.69, 9.17) is 0 Å². The van der Waals surface area contributed by atoms with Crippen LogP contribution in [0.2, 0.25) is 0 Å². The summed E-state index contributed by atoms with van der Waals surface area (Å²) in [4.78, 5) is 22.6. The fourth-order valence-electron chi connectivity index (χ4n) is 2.90. The van der Waals surface area contributed by atoms with Crippen molar-refractivity contribution >= 4 is 17.3 Å². The van der Waals surface area contributed by atoms with E-state index in [1.807, 2.05) is 12.1 Å². The number of ether oxygens (including phenoxy) is 1. The van der Waals surface area contributed by atoms with Crippen LogP contribution < -0.4 is 0 Å². The minimum absolute atomic E-state index is 0.0780. The summed E-state index contributed by atoms with van der Waals surface area (Å²) >= 11 is 0. The van der Waals surface area contributed by atoms with Crippen molar-refractivity contribution in [2.45, 2.75) is 44.6 Å². The number of methoxy groups -OCH3 is 1. The lowest BCUT2D eigenvalue weighted by Gasteiger charge is -2.08. The second kappa shape index (κ2) is 9.18. The molecule has 0 saturated carbocycles. The Morgan fingerprint density at radius 3 is 2.79 bits per heavy atom. The van der Waals surface area contributed by atoms with E-state index in [0.29, 0.717) is 0 Å². The summed E-state index contributed by atoms with van der Waals surface area (Å²) in [6.07, 6.45) is 8.58. The average molecular weight is 328 g/mol. The minimum atomic E-state index is -0.889. The molecule has 1 atom stereocenters. The van der Waals surface area contributed by atoms with Crippen molar-refractivity contribution in [1.82, 2.24) is 0 Å². The van der Waals surface area contributed by atoms with Gasteiger partial charge in [-0.15, -0.1) is 0 Å². The topological polar surface area (TPSA) is 63.6 Å². The molecule has 0 radical (unpaired) electrons. The smallest absolute Gasteiger partial charge is 0.313 e. The first-order valence-electron chi connectivity index (χ1n) is 8.32. The van der Waals surface area contributed by atoms with Crippen molar-refractivity contribution in [2.24, 2.45) is 0 Å². The lowest BCUT2D eigenvalue weighted by atomic mass is 9.98. The number of fused-ring (bicyclic) bond motifs is 1. The van der Waals surface area contributed by atoms with Crippen LogP contribution in [0.4, 0.5) is 0 Å². The van der Waals surface area contributed by atoms with Crippen LogP contribution in [0.1, 0.15) is 43.2 Å². The Morgan fingerprint density at radius 2 is 2.00 bits per heavy atom. The number of hydrogen-bond donors (Lipinski definition) is 1. The van der Waals surface area contributed by atoms with Gasteiger partial charge < -0.3 is 9.84 Å². The normalized spacial score (nSPS) is 17.3. The van der Waals surface area contributed by atoms with Gasteiger partial charge in [0.1, 0.15) is 12.2 Å². The van der Waals surface area contributed by atoms with Crippen LogP contribution in [-0.2, 0) is 20.7 Å². The van der Waals surface area contributed by atoms with Gasteiger partial charge >= 0.3 is 5.97 Å². The molecule has 0 saturated heterocycles. The van der Waals surface area contributed by atoms with Gasteiger partial charge in [-0.05, 0) is 42.4 Å². The van der Waals surface area contributed by atoms with E-state index in [9.17, 15) is 14.7 Å². The lowest BCUT2D eigenvalue weighted by molar-refractivity contribution is -0.143. The third-order valence-corrected chi connectivity index (χ3v) is 4.14. The van der Waals surface area contributed by atoms with E-state index in [0.717, 1.165) is 19.3 Å². The van der Waals surface area contributed by atoms with Gasteiger partial charge in [-0.25, -0.2) is 0 Å². The first-order valence-corrected chi connectivity index (χ1v) is 8.32. The van der Waals surface area contributed by atoms with Crippen molar-refractivity contribution in [1.29, 1.82) is 0 Å². The number of allylic oxidation sites excluding steroid dienone is 3. The summed E-state index contributed by atoms with van der Waals surface area (Å²) in [6, 6.07) is 8.41. The highest BCUT2D eigenvalue weighted by Crippen LogP contribution is 2.29. The number of benzene rings is 1. The van der Waals surface area contributed by atoms with E-state index in [2.05, 4.69) is 22.9 Å². The lowest BCUT2D eigenvalue weighted by Crippen LogP contribution is -2.15. The molecule has 4 heteroatoms. The first-order chi connectivity index (χ1) is 11.6. The van der Waals surface area contributed by atoms with Crippen LogP contribution in [0.15, 0.2) is 42.5 Å². The second-order valence-electron chi connectivity index (χ2n) is 6.00. The number of aliphatic hydroxyl groups excluding tert-OH is 1. The number of carbonyl (C=O) groups is 2. The molecule has 0 fully saturated rings. The Hall–Kier alpha value is -2.20. The highest BCUT2D eigenvalue weighted by molar-refractivity contribution is 5.95. The Balaban J connectivity index is 1.98. The highest BCUT2D eigenvalue weighted by atomic mass is 16.5. The summed E-state index contributed by atoms with van der Waals surface area (Å²) in [5, 5.41) is 9.90. The number of Topliss-reactive ketones (excluding diaryl/α,β-unsaturated/α-hetero) is 1. The van der Waals surface area contributed by atoms with Crippen LogP contribution in [-0.4, -0.2) is 30.1 Å². The predicted octanol–water partition coefficient (Wildman–Crippen LogP) is 3.24. The predicted molar refractivity (Wildman–Crippen MR) is 93.4 cm³/mol. The molecule has 1 aromatic carbocycles. The minimum Gasteiger partial charge on any atom is -0.469 e. The van der Waals surface area contributed by atoms with Gasteiger partial charge in [0, 0.05) is 6.42 Å². The van der Waals surface area contributed by atoms with Crippen molar-refractivity contribution in [3.05, 3.63) is 53.6 Å². The Labute approximate surface area is 142 Å². The van der Waals surface area contributed by atoms with Gasteiger partial charge in [0.25, 0.3) is 0 Å². The van der Waals surface area contributed by atoms with Crippen molar-refractivity contribution in [3.8, 4) is 0 Å². The molecular formula is C20H24O4. The Morgan fingerprint density at radius 1 is 1.25 bits per heavy atom. The zero-order chi connectivity index (χ0) is 17.4. The van der Waals surface area contributed by atoms with E-state index < -0.39 is 12.1 Å². The SMILES string of the molecule is COC(=O)CC(=O)CC(O)C=CC=C1CCCCc2ccccc21. The number of esters is 1. The molecule has 0 aromatic heterocycles. The second-order valence-corrected chi connectivity index (χ2v) is 6.00. The van der Waals surface area contributed by atoms with E-state index in [-0.39, 0.29) is 18.6 Å². The molecule has 1 aliphatic rings. The summed E-state index contributed by atoms with van der Waals surface area (Å²) < 4.78 is 4.44. The summed E-state index contributed by atoms with van der Waals surface area (Å²) in [6.45, 7) is 0. The third kappa shape index (κ3) is 5.46. The van der Waals surface area contributed by atoms with Crippen LogP contribution in [0.25, 0.3) is 5.57 Å². The van der Waals surface area contributed by atoms with E-state index in [1.54, 1.807) is 12.2 Å². The van der Waals surface area contributed by atoms with Crippen molar-refractivity contribution in [3.63, 3.8) is 0 Å². The molecule has 0 aliphatic heterocycles. The zero-order valence-corrected chi connectivity index (χ0v) is 14.0. The molecule has 24 heavy (non-hydrogen) atoms. The molecule has 0 amide bonds. The maximum Gasteiger partial charge on any atom is 0.313 e. The number of carbonyl (C=O) groups excluding carboxylic acids is 2. The molecular weight excluding hydrogens is 304 g/mol. The zero-order valence-electron chi connectivity index (χ0n) is 14.0. The number of aliphatic hydroxyl groups is 1. The van der Waals surface area contributed by atoms with Crippen LogP contribution in [0.3, 0.4) is 0 Å².